The summed E-state index contributed by atoms with van der Waals surface area (Å²) in [7, 11) is 5.42. The van der Waals surface area contributed by atoms with Crippen molar-refractivity contribution in [2.24, 2.45) is 28.1 Å². The number of Topliss-reactive ketones (excluding diaryl/α,β-unsaturated/α-hetero) is 2. The van der Waals surface area contributed by atoms with Gasteiger partial charge in [0.25, 0.3) is 0 Å². The summed E-state index contributed by atoms with van der Waals surface area (Å²) in [5.41, 5.74) is 21.2. The third-order valence-corrected chi connectivity index (χ3v) is 26.3. The standard InChI is InChI=1S/C94H129N19O22S/c1-8-10-23-73-87(127)102-65(22-16-36-95)85(125)108-72(77(115)31-32-79(97)117)51-136-52-80(118)101-69(40-54-26-28-60(135-7)29-27-54)90(130)109(4)53(3)83(123)106-71(46-82(121)122)93(133)112-39-17-25-74(112)88(128)105-68(41-55-35-38-98-47-55)86(126)103-66(30-33-81(119)120)92(132)113-50-59(114)45-76(113)89(129)104-67(42-57-48-99-63-20-14-12-18-61(57)63)78(116)44-56(34-37-96)84(124)107-70(43-58-49-100-64-21-15-13-19-62(58)64)91(131)111(6)75(24-11-9-2)94(134)110(73)5/h12-15,18-21,26-29,38,47-49,53,56,59,65-76,99-100,114H,8-11,16-17,22-25,30-37,39-46,50-52,95-96H2,1-7H3,(H2,97,117)(H,101,118)(H,102,127)(H,103,126)(H,104,129)(H,105,128)(H,106,123)(H,107,124)(H,108,125)(H,119,120)(H,121,122)/t53-,56+,59+,65-,66-,67-,68-,69-,70-,71-,72-,73-,74-,75-,76-/m0/s1. The number of ketones is 2. The number of primary amides is 1. The van der Waals surface area contributed by atoms with Crippen molar-refractivity contribution in [3.05, 3.63) is 114 Å². The minimum absolute atomic E-state index is 0.0174. The summed E-state index contributed by atoms with van der Waals surface area (Å²) in [6.45, 7) is 4.07. The van der Waals surface area contributed by atoms with Crippen LogP contribution in [0, 0.1) is 5.92 Å². The van der Waals surface area contributed by atoms with Gasteiger partial charge in [0.2, 0.25) is 82.7 Å². The molecule has 4 aliphatic rings. The number of ether oxygens (including phenoxy) is 1. The molecule has 42 heteroatoms. The van der Waals surface area contributed by atoms with Crippen molar-refractivity contribution in [1.29, 1.82) is 0 Å². The fourth-order valence-corrected chi connectivity index (χ4v) is 18.2. The van der Waals surface area contributed by atoms with Crippen LogP contribution in [0.5, 0.6) is 5.75 Å². The van der Waals surface area contributed by atoms with Gasteiger partial charge in [-0.2, -0.15) is 0 Å². The van der Waals surface area contributed by atoms with Crippen LogP contribution in [-0.4, -0.2) is 313 Å². The van der Waals surface area contributed by atoms with Gasteiger partial charge in [-0.3, -0.25) is 91.3 Å². The molecule has 3 fully saturated rings. The predicted octanol–water partition coefficient (Wildman–Crippen LogP) is 0.731. The van der Waals surface area contributed by atoms with E-state index in [0.717, 1.165) is 26.5 Å². The summed E-state index contributed by atoms with van der Waals surface area (Å²) >= 11 is 0.826. The molecule has 0 radical (unpaired) electrons. The van der Waals surface area contributed by atoms with Gasteiger partial charge >= 0.3 is 11.9 Å². The predicted molar refractivity (Wildman–Crippen MR) is 502 cm³/mol. The number of H-pyrrole nitrogens is 2. The molecule has 9 rings (SSSR count). The number of aromatic amines is 2. The van der Waals surface area contributed by atoms with E-state index in [2.05, 4.69) is 57.5 Å². The van der Waals surface area contributed by atoms with E-state index < -0.39 is 254 Å². The van der Waals surface area contributed by atoms with Crippen molar-refractivity contribution in [2.45, 2.75) is 253 Å². The molecule has 136 heavy (non-hydrogen) atoms. The van der Waals surface area contributed by atoms with Gasteiger partial charge in [-0.25, -0.2) is 0 Å². The number of benzene rings is 3. The first-order chi connectivity index (χ1) is 65.0. The zero-order valence-corrected chi connectivity index (χ0v) is 78.6. The molecule has 6 heterocycles. The normalized spacial score (nSPS) is 25.1. The molecule has 41 nitrogen and oxygen atoms in total. The Balaban J connectivity index is 1.11. The Bertz CT molecular complexity index is 5200. The van der Waals surface area contributed by atoms with Crippen LogP contribution in [0.3, 0.4) is 0 Å². The number of aliphatic hydroxyl groups is 1. The summed E-state index contributed by atoms with van der Waals surface area (Å²) in [4.78, 5) is 279. The Labute approximate surface area is 792 Å². The number of aliphatic hydroxyl groups excluding tert-OH is 1. The second-order valence-electron chi connectivity index (χ2n) is 35.0. The molecule has 4 aliphatic heterocycles. The summed E-state index contributed by atoms with van der Waals surface area (Å²) in [6, 6.07) is 0.570. The van der Waals surface area contributed by atoms with Crippen molar-refractivity contribution >= 4 is 146 Å². The molecule has 0 aliphatic carbocycles. The lowest BCUT2D eigenvalue weighted by Gasteiger charge is -2.36. The van der Waals surface area contributed by atoms with Crippen molar-refractivity contribution in [1.82, 2.24) is 77.0 Å². The fraction of sp³-hybridized carbons (Fsp3) is 0.543. The molecule has 0 bridgehead atoms. The maximum atomic E-state index is 15.8. The first-order valence-electron chi connectivity index (χ1n) is 46.2. The molecule has 14 amide bonds. The molecule has 3 aromatic carbocycles. The summed E-state index contributed by atoms with van der Waals surface area (Å²) in [5.74, 6) is -19.0. The molecule has 738 valence electrons. The Kier molecular flexibility index (Phi) is 40.5. The van der Waals surface area contributed by atoms with Crippen LogP contribution in [0.25, 0.3) is 21.8 Å². The Hall–Kier alpha value is -13.0. The molecule has 2 aromatic heterocycles. The number of fused-ring (bicyclic) bond motifs is 4. The summed E-state index contributed by atoms with van der Waals surface area (Å²) in [6.07, 6.45) is 1.28. The van der Waals surface area contributed by atoms with Crippen LogP contribution in [0.15, 0.2) is 102 Å². The van der Waals surface area contributed by atoms with Gasteiger partial charge in [0.15, 0.2) is 11.6 Å². The van der Waals surface area contributed by atoms with Crippen molar-refractivity contribution in [2.75, 3.05) is 65.9 Å². The van der Waals surface area contributed by atoms with E-state index in [-0.39, 0.29) is 102 Å². The number of nitrogens with zero attached hydrogens (tertiary/aromatic N) is 6. The number of carbonyl (C=O) groups excluding carboxylic acids is 16. The van der Waals surface area contributed by atoms with E-state index in [1.165, 1.54) is 57.4 Å². The third kappa shape index (κ3) is 29.5. The number of nitrogens with two attached hydrogens (primary N) is 3. The van der Waals surface area contributed by atoms with Gasteiger partial charge in [0.05, 0.1) is 37.5 Å². The zero-order chi connectivity index (χ0) is 99.1. The molecule has 19 N–H and O–H groups in total. The van der Waals surface area contributed by atoms with Crippen LogP contribution in [-0.2, 0) is 106 Å². The molecular formula is C94H129N19O22S. The highest BCUT2D eigenvalue weighted by molar-refractivity contribution is 8.00. The number of aromatic nitrogens is 2. The molecule has 15 atom stereocenters. The highest BCUT2D eigenvalue weighted by Gasteiger charge is 2.47. The van der Waals surface area contributed by atoms with Crippen molar-refractivity contribution < 1.29 is 106 Å². The van der Waals surface area contributed by atoms with Crippen LogP contribution in [0.2, 0.25) is 0 Å². The lowest BCUT2D eigenvalue weighted by atomic mass is 9.91. The number of amides is 14. The number of aliphatic carboxylic acids is 2. The van der Waals surface area contributed by atoms with E-state index >= 15 is 38.4 Å². The Morgan fingerprint density at radius 2 is 1.11 bits per heavy atom. The van der Waals surface area contributed by atoms with E-state index in [4.69, 9.17) is 21.9 Å². The molecular weight excluding hydrogens is 1780 g/mol. The lowest BCUT2D eigenvalue weighted by Crippen LogP contribution is -2.60. The highest BCUT2D eigenvalue weighted by atomic mass is 32.2. The van der Waals surface area contributed by atoms with Gasteiger partial charge in [-0.1, -0.05) is 88.1 Å². The van der Waals surface area contributed by atoms with Gasteiger partial charge in [0.1, 0.15) is 72.2 Å². The van der Waals surface area contributed by atoms with Crippen LogP contribution in [0.4, 0.5) is 0 Å². The third-order valence-electron chi connectivity index (χ3n) is 25.2. The summed E-state index contributed by atoms with van der Waals surface area (Å²) in [5, 5.41) is 54.8. The van der Waals surface area contributed by atoms with Crippen molar-refractivity contribution in [3.63, 3.8) is 0 Å². The van der Waals surface area contributed by atoms with Crippen molar-refractivity contribution in [3.8, 4) is 5.75 Å². The molecule has 5 aromatic rings. The Morgan fingerprint density at radius 3 is 1.72 bits per heavy atom. The number of methoxy groups -OCH3 is 1. The molecule has 0 saturated carbocycles. The van der Waals surface area contributed by atoms with E-state index in [1.54, 1.807) is 85.2 Å². The maximum Gasteiger partial charge on any atom is 0.305 e. The second kappa shape index (κ2) is 51.7. The zero-order valence-electron chi connectivity index (χ0n) is 77.8. The van der Waals surface area contributed by atoms with Crippen LogP contribution < -0.4 is 64.5 Å². The van der Waals surface area contributed by atoms with E-state index in [1.807, 2.05) is 13.8 Å². The maximum absolute atomic E-state index is 15.8. The number of carboxylic acid groups (broad SMARTS) is 2. The van der Waals surface area contributed by atoms with E-state index in [9.17, 15) is 63.3 Å². The summed E-state index contributed by atoms with van der Waals surface area (Å²) < 4.78 is 5.34. The van der Waals surface area contributed by atoms with Gasteiger partial charge in [-0.15, -0.1) is 11.8 Å². The average Bonchev–Trinajstić information content (AvgIpc) is 1.62. The average molecular weight is 1910 g/mol. The number of carbonyl (C=O) groups is 18. The number of para-hydroxylation sites is 2. The SMILES string of the molecule is CCCC[C@H]1C(=O)N(C)[C@@H](CCCC)C(=O)N[C@@H](CCCN)C(=O)N[C@H](C(=O)CCC(N)=O)CSCC(=O)N[C@@H](Cc2ccc(OC)cc2)C(=O)N(C)[C@@H](C)C(=O)N[C@@H](CC(=O)O)C(=O)N2CCC[C@H]2C(=O)N[C@@H](CC2=CN=CC2)C(=O)N[C@@H](CCC(=O)O)C(=O)N2C[C@H](O)C[C@H]2C(=O)N[C@@H](Cc2c[nH]c3ccccc23)C(=O)C[C@@H](CCN)C(=O)N[C@@H](Cc2c[nH]c3ccccc23)C(=O)N1C. The topological polar surface area (TPSA) is 612 Å². The molecule has 3 saturated heterocycles. The van der Waals surface area contributed by atoms with Crippen LogP contribution >= 0.6 is 11.8 Å². The number of unbranched alkanes of at least 4 members (excludes halogenated alkanes) is 2. The molecule has 0 unspecified atom stereocenters. The minimum atomic E-state index is -1.91. The number of likely N-dealkylation sites (N-methyl/N-ethyl adjacent to an activating group) is 3. The fourth-order valence-electron chi connectivity index (χ4n) is 17.3. The van der Waals surface area contributed by atoms with Crippen LogP contribution in [0.1, 0.15) is 166 Å². The smallest absolute Gasteiger partial charge is 0.305 e. The number of hydrogen-bond acceptors (Lipinski definition) is 24. The minimum Gasteiger partial charge on any atom is -0.497 e. The van der Waals surface area contributed by atoms with Gasteiger partial charge in [-0.05, 0) is 124 Å². The highest BCUT2D eigenvalue weighted by Crippen LogP contribution is 2.30. The number of nitrogens with one attached hydrogen (secondary N) is 10. The first-order valence-corrected chi connectivity index (χ1v) is 47.3. The Morgan fingerprint density at radius 1 is 0.537 bits per heavy atom. The van der Waals surface area contributed by atoms with Gasteiger partial charge in [0, 0.05) is 150 Å². The number of rotatable bonds is 29. The lowest BCUT2D eigenvalue weighted by molar-refractivity contribution is -0.149. The molecule has 0 spiro atoms. The van der Waals surface area contributed by atoms with E-state index in [0.29, 0.717) is 75.5 Å². The number of thioether (sulfide) groups is 1. The van der Waals surface area contributed by atoms with Gasteiger partial charge < -0.3 is 114 Å². The monoisotopic (exact) mass is 1910 g/mol. The quantitative estimate of drug-likeness (QED) is 0.0314. The second-order valence-corrected chi connectivity index (χ2v) is 36.1. The number of carboxylic acids is 2. The first kappa shape index (κ1) is 107. The number of hydrogen-bond donors (Lipinski definition) is 16. The largest absolute Gasteiger partial charge is 0.497 e. The number of aliphatic imine (C=N–C) groups is 1.